The second-order valence-electron chi connectivity index (χ2n) is 5.12. The SMILES string of the molecule is [C-]#[N+]C1CC(CC#N)(n2cc(C(C)C)cn2)C1. The van der Waals surface area contributed by atoms with Gasteiger partial charge in [-0.05, 0) is 11.5 Å². The molecule has 0 bridgehead atoms. The molecule has 0 atom stereocenters. The van der Waals surface area contributed by atoms with Crippen molar-refractivity contribution in [2.45, 2.75) is 50.6 Å². The van der Waals surface area contributed by atoms with Gasteiger partial charge in [-0.1, -0.05) is 13.8 Å². The van der Waals surface area contributed by atoms with E-state index in [1.54, 1.807) is 0 Å². The molecule has 2 rings (SSSR count). The van der Waals surface area contributed by atoms with E-state index in [1.165, 1.54) is 5.56 Å². The van der Waals surface area contributed by atoms with E-state index in [0.29, 0.717) is 12.3 Å². The fourth-order valence-corrected chi connectivity index (χ4v) is 2.36. The van der Waals surface area contributed by atoms with Crippen LogP contribution in [0.3, 0.4) is 0 Å². The zero-order valence-corrected chi connectivity index (χ0v) is 10.2. The highest BCUT2D eigenvalue weighted by Crippen LogP contribution is 2.43. The van der Waals surface area contributed by atoms with Gasteiger partial charge < -0.3 is 4.85 Å². The first-order valence-electron chi connectivity index (χ1n) is 5.90. The van der Waals surface area contributed by atoms with Crippen LogP contribution >= 0.6 is 0 Å². The third-order valence-electron chi connectivity index (χ3n) is 3.58. The van der Waals surface area contributed by atoms with E-state index in [-0.39, 0.29) is 11.6 Å². The fraction of sp³-hybridized carbons (Fsp3) is 0.615. The molecule has 1 fully saturated rings. The average molecular weight is 228 g/mol. The molecule has 17 heavy (non-hydrogen) atoms. The normalized spacial score (nSPS) is 27.2. The van der Waals surface area contributed by atoms with Crippen LogP contribution in [0.5, 0.6) is 0 Å². The van der Waals surface area contributed by atoms with Crippen molar-refractivity contribution in [1.82, 2.24) is 9.78 Å². The summed E-state index contributed by atoms with van der Waals surface area (Å²) in [5, 5.41) is 13.3. The van der Waals surface area contributed by atoms with Crippen molar-refractivity contribution >= 4 is 0 Å². The lowest BCUT2D eigenvalue weighted by molar-refractivity contribution is 0.120. The molecule has 1 heterocycles. The maximum atomic E-state index is 8.93. The Bertz CT molecular complexity index is 480. The Labute approximate surface area is 102 Å². The number of hydrogen-bond acceptors (Lipinski definition) is 2. The molecule has 4 heteroatoms. The van der Waals surface area contributed by atoms with Gasteiger partial charge in [0.05, 0.1) is 24.2 Å². The summed E-state index contributed by atoms with van der Waals surface area (Å²) in [6.45, 7) is 11.3. The molecule has 0 aromatic carbocycles. The van der Waals surface area contributed by atoms with Gasteiger partial charge in [0.15, 0.2) is 0 Å². The second kappa shape index (κ2) is 4.22. The third kappa shape index (κ3) is 1.91. The Hall–Kier alpha value is -1.81. The van der Waals surface area contributed by atoms with Crippen molar-refractivity contribution < 1.29 is 0 Å². The molecule has 1 aliphatic rings. The zero-order chi connectivity index (χ0) is 12.5. The molecule has 1 saturated carbocycles. The van der Waals surface area contributed by atoms with Crippen molar-refractivity contribution in [3.8, 4) is 6.07 Å². The third-order valence-corrected chi connectivity index (χ3v) is 3.58. The van der Waals surface area contributed by atoms with Gasteiger partial charge in [0.2, 0.25) is 6.04 Å². The van der Waals surface area contributed by atoms with Gasteiger partial charge in [-0.2, -0.15) is 10.4 Å². The minimum atomic E-state index is -0.225. The van der Waals surface area contributed by atoms with Crippen molar-refractivity contribution in [2.75, 3.05) is 0 Å². The maximum Gasteiger partial charge on any atom is 0.228 e. The second-order valence-corrected chi connectivity index (χ2v) is 5.12. The highest BCUT2D eigenvalue weighted by Gasteiger charge is 2.50. The molecule has 0 unspecified atom stereocenters. The minimum Gasteiger partial charge on any atom is -0.313 e. The Morgan fingerprint density at radius 1 is 1.71 bits per heavy atom. The van der Waals surface area contributed by atoms with E-state index < -0.39 is 0 Å². The molecule has 0 amide bonds. The largest absolute Gasteiger partial charge is 0.313 e. The molecule has 4 nitrogen and oxygen atoms in total. The van der Waals surface area contributed by atoms with Crippen LogP contribution in [0, 0.1) is 17.9 Å². The van der Waals surface area contributed by atoms with Gasteiger partial charge in [0, 0.05) is 19.0 Å². The number of aromatic nitrogens is 2. The van der Waals surface area contributed by atoms with Crippen molar-refractivity contribution in [3.63, 3.8) is 0 Å². The smallest absolute Gasteiger partial charge is 0.228 e. The van der Waals surface area contributed by atoms with Crippen LogP contribution in [0.1, 0.15) is 44.6 Å². The molecule has 0 aliphatic heterocycles. The first-order valence-corrected chi connectivity index (χ1v) is 5.90. The predicted molar refractivity (Wildman–Crippen MR) is 64.1 cm³/mol. The standard InChI is InChI=1S/C13H16N4/c1-10(2)11-8-16-17(9-11)13(4-5-14)6-12(7-13)15-3/h8-10,12H,4,6-7H2,1-2H3. The predicted octanol–water partition coefficient (Wildman–Crippen LogP) is 2.70. The average Bonchev–Trinajstić information content (AvgIpc) is 2.72. The Kier molecular flexibility index (Phi) is 2.90. The molecule has 0 saturated heterocycles. The molecule has 1 aliphatic carbocycles. The van der Waals surface area contributed by atoms with Gasteiger partial charge >= 0.3 is 0 Å². The van der Waals surface area contributed by atoms with E-state index in [9.17, 15) is 0 Å². The Balaban J connectivity index is 2.23. The van der Waals surface area contributed by atoms with Gasteiger partial charge in [-0.25, -0.2) is 6.57 Å². The van der Waals surface area contributed by atoms with E-state index >= 15 is 0 Å². The first-order chi connectivity index (χ1) is 8.11. The zero-order valence-electron chi connectivity index (χ0n) is 10.2. The number of rotatable bonds is 3. The summed E-state index contributed by atoms with van der Waals surface area (Å²) in [6.07, 6.45) is 5.85. The van der Waals surface area contributed by atoms with Gasteiger partial charge in [0.1, 0.15) is 0 Å². The first kappa shape index (κ1) is 11.7. The quantitative estimate of drug-likeness (QED) is 0.747. The van der Waals surface area contributed by atoms with Crippen LogP contribution in [0.4, 0.5) is 0 Å². The monoisotopic (exact) mass is 228 g/mol. The number of nitriles is 1. The molecular weight excluding hydrogens is 212 g/mol. The van der Waals surface area contributed by atoms with E-state index in [2.05, 4.69) is 29.9 Å². The van der Waals surface area contributed by atoms with E-state index in [4.69, 9.17) is 11.8 Å². The highest BCUT2D eigenvalue weighted by atomic mass is 15.3. The van der Waals surface area contributed by atoms with Crippen molar-refractivity contribution in [3.05, 3.63) is 29.4 Å². The number of nitrogens with zero attached hydrogens (tertiary/aromatic N) is 4. The molecule has 88 valence electrons. The Morgan fingerprint density at radius 3 is 2.88 bits per heavy atom. The molecule has 1 aromatic heterocycles. The summed E-state index contributed by atoms with van der Waals surface area (Å²) in [5.74, 6) is 0.444. The highest BCUT2D eigenvalue weighted by molar-refractivity contribution is 5.15. The minimum absolute atomic E-state index is 0.0649. The fourth-order valence-electron chi connectivity index (χ4n) is 2.36. The van der Waals surface area contributed by atoms with Gasteiger partial charge in [-0.3, -0.25) is 4.68 Å². The van der Waals surface area contributed by atoms with Gasteiger partial charge in [0.25, 0.3) is 0 Å². The topological polar surface area (TPSA) is 46.0 Å². The van der Waals surface area contributed by atoms with Crippen LogP contribution in [-0.2, 0) is 5.54 Å². The van der Waals surface area contributed by atoms with Crippen LogP contribution in [0.25, 0.3) is 4.85 Å². The number of hydrogen-bond donors (Lipinski definition) is 0. The van der Waals surface area contributed by atoms with Crippen LogP contribution in [0.15, 0.2) is 12.4 Å². The summed E-state index contributed by atoms with van der Waals surface area (Å²) < 4.78 is 1.91. The molecule has 1 aromatic rings. The van der Waals surface area contributed by atoms with Crippen LogP contribution < -0.4 is 0 Å². The lowest BCUT2D eigenvalue weighted by Gasteiger charge is -2.40. The Morgan fingerprint density at radius 2 is 2.41 bits per heavy atom. The van der Waals surface area contributed by atoms with Crippen LogP contribution in [-0.4, -0.2) is 15.8 Å². The summed E-state index contributed by atoms with van der Waals surface area (Å²) in [5.41, 5.74) is 0.963. The van der Waals surface area contributed by atoms with Crippen molar-refractivity contribution in [2.24, 2.45) is 0 Å². The summed E-state index contributed by atoms with van der Waals surface area (Å²) in [7, 11) is 0. The molecule has 0 spiro atoms. The lowest BCUT2D eigenvalue weighted by atomic mass is 9.71. The summed E-state index contributed by atoms with van der Waals surface area (Å²) >= 11 is 0. The molecule has 0 N–H and O–H groups in total. The summed E-state index contributed by atoms with van der Waals surface area (Å²) in [6, 6.07) is 2.29. The van der Waals surface area contributed by atoms with Crippen LogP contribution in [0.2, 0.25) is 0 Å². The molecule has 0 radical (unpaired) electrons. The van der Waals surface area contributed by atoms with Gasteiger partial charge in [-0.15, -0.1) is 0 Å². The lowest BCUT2D eigenvalue weighted by Crippen LogP contribution is -2.48. The molecular formula is C13H16N4. The van der Waals surface area contributed by atoms with E-state index in [1.807, 2.05) is 17.1 Å². The maximum absolute atomic E-state index is 8.93. The van der Waals surface area contributed by atoms with Crippen molar-refractivity contribution in [1.29, 1.82) is 5.26 Å². The summed E-state index contributed by atoms with van der Waals surface area (Å²) in [4.78, 5) is 3.54. The van der Waals surface area contributed by atoms with E-state index in [0.717, 1.165) is 12.8 Å².